The van der Waals surface area contributed by atoms with Crippen molar-refractivity contribution in [2.24, 2.45) is 0 Å². The molecule has 0 saturated heterocycles. The van der Waals surface area contributed by atoms with E-state index in [1.807, 2.05) is 0 Å². The Balaban J connectivity index is 4.17. The number of hydrogen-bond acceptors (Lipinski definition) is 6. The minimum absolute atomic E-state index is 0.0732. The molecule has 1 atom stereocenters. The molecule has 0 aliphatic rings. The third kappa shape index (κ3) is 50.2. The summed E-state index contributed by atoms with van der Waals surface area (Å²) in [6, 6.07) is 0. The molecule has 0 saturated carbocycles. The number of hydrogen-bond donors (Lipinski definition) is 0. The average Bonchev–Trinajstić information content (AvgIpc) is 3.28. The molecule has 0 heterocycles. The van der Waals surface area contributed by atoms with E-state index >= 15 is 0 Å². The van der Waals surface area contributed by atoms with E-state index in [1.54, 1.807) is 0 Å². The van der Waals surface area contributed by atoms with Crippen molar-refractivity contribution in [3.63, 3.8) is 0 Å². The van der Waals surface area contributed by atoms with Gasteiger partial charge in [-0.1, -0.05) is 249 Å². The number of rotatable bonds is 49. The number of ether oxygens (including phenoxy) is 3. The van der Waals surface area contributed by atoms with Crippen molar-refractivity contribution < 1.29 is 28.6 Å². The first-order valence-electron chi connectivity index (χ1n) is 27.1. The second kappa shape index (κ2) is 52.0. The second-order valence-corrected chi connectivity index (χ2v) is 18.1. The molecule has 1 unspecified atom stereocenters. The van der Waals surface area contributed by atoms with Gasteiger partial charge in [-0.2, -0.15) is 0 Å². The summed E-state index contributed by atoms with van der Waals surface area (Å²) in [6.45, 7) is 6.49. The van der Waals surface area contributed by atoms with Crippen molar-refractivity contribution in [1.29, 1.82) is 0 Å². The van der Waals surface area contributed by atoms with E-state index in [9.17, 15) is 14.4 Å². The van der Waals surface area contributed by atoms with Crippen molar-refractivity contribution in [3.8, 4) is 0 Å². The lowest BCUT2D eigenvalue weighted by atomic mass is 10.0. The van der Waals surface area contributed by atoms with Crippen molar-refractivity contribution in [3.05, 3.63) is 48.6 Å². The summed E-state index contributed by atoms with van der Waals surface area (Å²) >= 11 is 0. The van der Waals surface area contributed by atoms with Crippen LogP contribution in [0.1, 0.15) is 278 Å². The van der Waals surface area contributed by atoms with Gasteiger partial charge in [0, 0.05) is 19.3 Å². The Kier molecular flexibility index (Phi) is 49.8. The number of carbonyl (C=O) groups is 3. The maximum atomic E-state index is 12.8. The highest BCUT2D eigenvalue weighted by Gasteiger charge is 2.19. The first-order valence-corrected chi connectivity index (χ1v) is 27.1. The number of unbranched alkanes of at least 4 members (excludes halogenated alkanes) is 30. The number of carbonyl (C=O) groups excluding carboxylic acids is 3. The first-order chi connectivity index (χ1) is 31.0. The SMILES string of the molecule is CC/C=C\C/C=C\C/C=C\C/C=C\CCCCCCCCCCC(=O)OCC(COC(=O)CCCCCCCC)OC(=O)CCCCCCCCCCCCCCCCCCCC. The molecule has 0 radical (unpaired) electrons. The average molecular weight is 883 g/mol. The van der Waals surface area contributed by atoms with Gasteiger partial charge in [-0.25, -0.2) is 0 Å². The molecule has 0 rings (SSSR count). The summed E-state index contributed by atoms with van der Waals surface area (Å²) in [5.74, 6) is -0.879. The summed E-state index contributed by atoms with van der Waals surface area (Å²) in [4.78, 5) is 37.8. The highest BCUT2D eigenvalue weighted by molar-refractivity contribution is 5.71. The molecule has 0 aliphatic carbocycles. The van der Waals surface area contributed by atoms with Crippen LogP contribution < -0.4 is 0 Å². The summed E-state index contributed by atoms with van der Waals surface area (Å²) in [5, 5.41) is 0. The van der Waals surface area contributed by atoms with Crippen LogP contribution in [0.15, 0.2) is 48.6 Å². The van der Waals surface area contributed by atoms with Crippen molar-refractivity contribution in [1.82, 2.24) is 0 Å². The van der Waals surface area contributed by atoms with Gasteiger partial charge in [0.05, 0.1) is 0 Å². The molecular formula is C57H102O6. The molecule has 0 amide bonds. The van der Waals surface area contributed by atoms with Crippen molar-refractivity contribution >= 4 is 17.9 Å². The Hall–Kier alpha value is -2.63. The topological polar surface area (TPSA) is 78.9 Å². The summed E-state index contributed by atoms with van der Waals surface area (Å²) in [7, 11) is 0. The summed E-state index contributed by atoms with van der Waals surface area (Å²) < 4.78 is 16.7. The fraction of sp³-hybridized carbons (Fsp3) is 0.807. The minimum Gasteiger partial charge on any atom is -0.462 e. The molecule has 366 valence electrons. The lowest BCUT2D eigenvalue weighted by molar-refractivity contribution is -0.167. The normalized spacial score (nSPS) is 12.4. The highest BCUT2D eigenvalue weighted by Crippen LogP contribution is 2.16. The lowest BCUT2D eigenvalue weighted by Crippen LogP contribution is -2.30. The third-order valence-corrected chi connectivity index (χ3v) is 11.8. The van der Waals surface area contributed by atoms with E-state index in [2.05, 4.69) is 69.4 Å². The van der Waals surface area contributed by atoms with E-state index in [-0.39, 0.29) is 31.1 Å². The fourth-order valence-corrected chi connectivity index (χ4v) is 7.79. The standard InChI is InChI=1S/C57H102O6/c1-4-7-10-13-16-18-20-22-24-26-28-29-30-32-33-35-37-39-41-44-47-50-56(59)62-53-54(52-61-55(58)49-46-43-15-12-9-6-3)63-57(60)51-48-45-42-40-38-36-34-31-27-25-23-21-19-17-14-11-8-5-2/h7,10,16,18,22,24,28-29,54H,4-6,8-9,11-15,17,19-21,23,25-27,30-53H2,1-3H3/b10-7-,18-16-,24-22-,29-28-. The third-order valence-electron chi connectivity index (χ3n) is 11.8. The Morgan fingerprint density at radius 1 is 0.333 bits per heavy atom. The van der Waals surface area contributed by atoms with Crippen LogP contribution in [0.25, 0.3) is 0 Å². The molecule has 0 N–H and O–H groups in total. The molecule has 6 nitrogen and oxygen atoms in total. The zero-order chi connectivity index (χ0) is 45.8. The van der Waals surface area contributed by atoms with E-state index < -0.39 is 6.10 Å². The van der Waals surface area contributed by atoms with Crippen LogP contribution in [0.5, 0.6) is 0 Å². The number of esters is 3. The quantitative estimate of drug-likeness (QED) is 0.0262. The van der Waals surface area contributed by atoms with Crippen LogP contribution in [0.3, 0.4) is 0 Å². The smallest absolute Gasteiger partial charge is 0.306 e. The van der Waals surface area contributed by atoms with Crippen molar-refractivity contribution in [2.45, 2.75) is 284 Å². The van der Waals surface area contributed by atoms with Gasteiger partial charge in [0.25, 0.3) is 0 Å². The summed E-state index contributed by atoms with van der Waals surface area (Å²) in [5.41, 5.74) is 0. The second-order valence-electron chi connectivity index (χ2n) is 18.1. The predicted octanol–water partition coefficient (Wildman–Crippen LogP) is 17.9. The van der Waals surface area contributed by atoms with Gasteiger partial charge in [-0.3, -0.25) is 14.4 Å². The molecule has 63 heavy (non-hydrogen) atoms. The van der Waals surface area contributed by atoms with Crippen LogP contribution in [0.4, 0.5) is 0 Å². The molecule has 0 spiro atoms. The molecular weight excluding hydrogens is 781 g/mol. The minimum atomic E-state index is -0.770. The Morgan fingerprint density at radius 3 is 0.968 bits per heavy atom. The lowest BCUT2D eigenvalue weighted by Gasteiger charge is -2.18. The molecule has 0 aromatic heterocycles. The van der Waals surface area contributed by atoms with Gasteiger partial charge in [-0.15, -0.1) is 0 Å². The Morgan fingerprint density at radius 2 is 0.619 bits per heavy atom. The van der Waals surface area contributed by atoms with Crippen LogP contribution in [-0.2, 0) is 28.6 Å². The van der Waals surface area contributed by atoms with E-state index in [1.165, 1.54) is 148 Å². The van der Waals surface area contributed by atoms with Gasteiger partial charge >= 0.3 is 17.9 Å². The first kappa shape index (κ1) is 60.4. The largest absolute Gasteiger partial charge is 0.462 e. The van der Waals surface area contributed by atoms with Gasteiger partial charge in [0.1, 0.15) is 13.2 Å². The molecule has 0 aliphatic heterocycles. The van der Waals surface area contributed by atoms with Crippen LogP contribution >= 0.6 is 0 Å². The van der Waals surface area contributed by atoms with E-state index in [0.717, 1.165) is 89.9 Å². The van der Waals surface area contributed by atoms with Crippen LogP contribution in [0, 0.1) is 0 Å². The van der Waals surface area contributed by atoms with Crippen LogP contribution in [-0.4, -0.2) is 37.2 Å². The zero-order valence-electron chi connectivity index (χ0n) is 41.8. The van der Waals surface area contributed by atoms with Crippen molar-refractivity contribution in [2.75, 3.05) is 13.2 Å². The van der Waals surface area contributed by atoms with E-state index in [4.69, 9.17) is 14.2 Å². The monoisotopic (exact) mass is 883 g/mol. The number of allylic oxidation sites excluding steroid dienone is 8. The Bertz CT molecular complexity index is 1110. The predicted molar refractivity (Wildman–Crippen MR) is 270 cm³/mol. The molecule has 0 fully saturated rings. The van der Waals surface area contributed by atoms with E-state index in [0.29, 0.717) is 19.3 Å². The zero-order valence-corrected chi connectivity index (χ0v) is 41.8. The van der Waals surface area contributed by atoms with Crippen LogP contribution in [0.2, 0.25) is 0 Å². The Labute approximate surface area is 390 Å². The maximum absolute atomic E-state index is 12.8. The molecule has 6 heteroatoms. The van der Waals surface area contributed by atoms with Gasteiger partial charge in [0.15, 0.2) is 6.10 Å². The maximum Gasteiger partial charge on any atom is 0.306 e. The van der Waals surface area contributed by atoms with Gasteiger partial charge in [0.2, 0.25) is 0 Å². The van der Waals surface area contributed by atoms with Gasteiger partial charge in [-0.05, 0) is 57.8 Å². The van der Waals surface area contributed by atoms with Gasteiger partial charge < -0.3 is 14.2 Å². The molecule has 0 aromatic rings. The highest BCUT2D eigenvalue weighted by atomic mass is 16.6. The molecule has 0 aromatic carbocycles. The summed E-state index contributed by atoms with van der Waals surface area (Å²) in [6.07, 6.45) is 62.7. The fourth-order valence-electron chi connectivity index (χ4n) is 7.79. The molecule has 0 bridgehead atoms.